The van der Waals surface area contributed by atoms with Crippen molar-refractivity contribution in [2.45, 2.75) is 13.3 Å². The van der Waals surface area contributed by atoms with E-state index in [0.29, 0.717) is 0 Å². The largest absolute Gasteiger partial charge is 0.573 e. The maximum atomic E-state index is 12.4. The van der Waals surface area contributed by atoms with E-state index in [0.717, 1.165) is 6.07 Å². The fraction of sp³-hybridized carbons (Fsp3) is 0.133. The predicted molar refractivity (Wildman–Crippen MR) is 78.9 cm³/mol. The van der Waals surface area contributed by atoms with Crippen LogP contribution in [0, 0.1) is 17.0 Å². The zero-order valence-corrected chi connectivity index (χ0v) is 12.3. The van der Waals surface area contributed by atoms with Gasteiger partial charge >= 0.3 is 6.36 Å². The Morgan fingerprint density at radius 2 is 1.83 bits per heavy atom. The third kappa shape index (κ3) is 4.00. The van der Waals surface area contributed by atoms with Gasteiger partial charge in [-0.1, -0.05) is 24.3 Å². The number of alkyl halides is 3. The summed E-state index contributed by atoms with van der Waals surface area (Å²) < 4.78 is 41.0. The van der Waals surface area contributed by atoms with E-state index in [4.69, 9.17) is 0 Å². The number of nitrogens with zero attached hydrogens (tertiary/aromatic N) is 1. The summed E-state index contributed by atoms with van der Waals surface area (Å²) in [5.41, 5.74) is -0.672. The van der Waals surface area contributed by atoms with E-state index in [-0.39, 0.29) is 16.8 Å². The molecule has 0 radical (unpaired) electrons. The number of carbonyl (C=O) groups is 1. The van der Waals surface area contributed by atoms with Crippen LogP contribution in [0.1, 0.15) is 15.9 Å². The molecule has 0 spiro atoms. The fourth-order valence-corrected chi connectivity index (χ4v) is 2.06. The number of carbonyl (C=O) groups excluding carboxylic acids is 1. The van der Waals surface area contributed by atoms with Gasteiger partial charge in [-0.05, 0) is 25.1 Å². The zero-order valence-electron chi connectivity index (χ0n) is 12.3. The maximum Gasteiger partial charge on any atom is 0.573 e. The summed E-state index contributed by atoms with van der Waals surface area (Å²) >= 11 is 0. The molecule has 1 N–H and O–H groups in total. The van der Waals surface area contributed by atoms with E-state index in [1.54, 1.807) is 0 Å². The zero-order chi connectivity index (χ0) is 17.9. The van der Waals surface area contributed by atoms with Gasteiger partial charge in [0, 0.05) is 5.56 Å². The van der Waals surface area contributed by atoms with Crippen LogP contribution in [0.5, 0.6) is 5.75 Å². The molecule has 9 heteroatoms. The van der Waals surface area contributed by atoms with Crippen LogP contribution in [-0.4, -0.2) is 17.2 Å². The first kappa shape index (κ1) is 17.3. The first-order chi connectivity index (χ1) is 11.2. The smallest absolute Gasteiger partial charge is 0.404 e. The van der Waals surface area contributed by atoms with E-state index >= 15 is 0 Å². The van der Waals surface area contributed by atoms with Gasteiger partial charge in [0.2, 0.25) is 0 Å². The van der Waals surface area contributed by atoms with Crippen molar-refractivity contribution in [1.82, 2.24) is 0 Å². The first-order valence-electron chi connectivity index (χ1n) is 6.59. The molecule has 0 saturated carbocycles. The number of rotatable bonds is 4. The molecule has 1 amide bonds. The van der Waals surface area contributed by atoms with E-state index in [2.05, 4.69) is 10.1 Å². The molecular weight excluding hydrogens is 329 g/mol. The van der Waals surface area contributed by atoms with Gasteiger partial charge in [0.1, 0.15) is 5.56 Å². The van der Waals surface area contributed by atoms with E-state index in [9.17, 15) is 28.1 Å². The second-order valence-electron chi connectivity index (χ2n) is 4.73. The lowest BCUT2D eigenvalue weighted by Gasteiger charge is -2.14. The minimum absolute atomic E-state index is 0.254. The van der Waals surface area contributed by atoms with Crippen molar-refractivity contribution in [2.75, 3.05) is 5.32 Å². The van der Waals surface area contributed by atoms with E-state index in [1.807, 2.05) is 0 Å². The lowest BCUT2D eigenvalue weighted by Crippen LogP contribution is -2.20. The molecule has 0 unspecified atom stereocenters. The standard InChI is InChI=1S/C15H11F3N2O4/c1-9-5-4-6-10(13(9)20(22)23)14(21)19-11-7-2-3-8-12(11)24-15(16,17)18/h2-8H,1H3,(H,19,21). The lowest BCUT2D eigenvalue weighted by molar-refractivity contribution is -0.385. The number of nitro benzene ring substituents is 1. The topological polar surface area (TPSA) is 81.5 Å². The summed E-state index contributed by atoms with van der Waals surface area (Å²) in [4.78, 5) is 22.6. The van der Waals surface area contributed by atoms with Gasteiger partial charge in [-0.2, -0.15) is 0 Å². The number of ether oxygens (including phenoxy) is 1. The van der Waals surface area contributed by atoms with Gasteiger partial charge in [-0.3, -0.25) is 14.9 Å². The van der Waals surface area contributed by atoms with Crippen LogP contribution in [-0.2, 0) is 0 Å². The van der Waals surface area contributed by atoms with Crippen LogP contribution in [0.3, 0.4) is 0 Å². The van der Waals surface area contributed by atoms with Gasteiger partial charge in [0.15, 0.2) is 5.75 Å². The Labute approximate surface area is 134 Å². The Morgan fingerprint density at radius 3 is 2.46 bits per heavy atom. The summed E-state index contributed by atoms with van der Waals surface area (Å²) in [6, 6.07) is 9.02. The van der Waals surface area contributed by atoms with Crippen molar-refractivity contribution < 1.29 is 27.6 Å². The number of hydrogen-bond acceptors (Lipinski definition) is 4. The molecule has 24 heavy (non-hydrogen) atoms. The van der Waals surface area contributed by atoms with Gasteiger partial charge in [-0.15, -0.1) is 13.2 Å². The molecule has 126 valence electrons. The number of anilines is 1. The summed E-state index contributed by atoms with van der Waals surface area (Å²) in [6.45, 7) is 1.45. The highest BCUT2D eigenvalue weighted by atomic mass is 19.4. The molecule has 2 aromatic carbocycles. The minimum Gasteiger partial charge on any atom is -0.404 e. The highest BCUT2D eigenvalue weighted by Gasteiger charge is 2.32. The van der Waals surface area contributed by atoms with Crippen LogP contribution in [0.2, 0.25) is 0 Å². The van der Waals surface area contributed by atoms with Crippen molar-refractivity contribution in [3.63, 3.8) is 0 Å². The molecule has 2 aromatic rings. The Morgan fingerprint density at radius 1 is 1.17 bits per heavy atom. The van der Waals surface area contributed by atoms with Gasteiger partial charge in [-0.25, -0.2) is 0 Å². The second kappa shape index (κ2) is 6.57. The molecule has 2 rings (SSSR count). The van der Waals surface area contributed by atoms with Crippen LogP contribution in [0.25, 0.3) is 0 Å². The number of amides is 1. The first-order valence-corrected chi connectivity index (χ1v) is 6.59. The van der Waals surface area contributed by atoms with E-state index < -0.39 is 28.6 Å². The number of hydrogen-bond donors (Lipinski definition) is 1. The van der Waals surface area contributed by atoms with Crippen LogP contribution in [0.15, 0.2) is 42.5 Å². The predicted octanol–water partition coefficient (Wildman–Crippen LogP) is 4.05. The van der Waals surface area contributed by atoms with Crippen LogP contribution >= 0.6 is 0 Å². The Bertz CT molecular complexity index is 791. The Hall–Kier alpha value is -3.10. The summed E-state index contributed by atoms with van der Waals surface area (Å²) in [5, 5.41) is 13.3. The quantitative estimate of drug-likeness (QED) is 0.672. The Kier molecular flexibility index (Phi) is 4.72. The molecule has 0 atom stereocenters. The van der Waals surface area contributed by atoms with Crippen molar-refractivity contribution in [3.05, 3.63) is 63.7 Å². The average Bonchev–Trinajstić information content (AvgIpc) is 2.47. The molecule has 0 aliphatic carbocycles. The third-order valence-electron chi connectivity index (χ3n) is 3.03. The van der Waals surface area contributed by atoms with Crippen molar-refractivity contribution in [3.8, 4) is 5.75 Å². The number of aryl methyl sites for hydroxylation is 1. The van der Waals surface area contributed by atoms with Gasteiger partial charge in [0.05, 0.1) is 10.6 Å². The van der Waals surface area contributed by atoms with Crippen molar-refractivity contribution >= 4 is 17.3 Å². The van der Waals surface area contributed by atoms with Gasteiger partial charge in [0.25, 0.3) is 11.6 Å². The molecule has 6 nitrogen and oxygen atoms in total. The maximum absolute atomic E-state index is 12.4. The lowest BCUT2D eigenvalue weighted by atomic mass is 10.1. The van der Waals surface area contributed by atoms with Crippen LogP contribution < -0.4 is 10.1 Å². The highest BCUT2D eigenvalue weighted by molar-refractivity contribution is 6.08. The SMILES string of the molecule is Cc1cccc(C(=O)Nc2ccccc2OC(F)(F)F)c1[N+](=O)[O-]. The number of benzene rings is 2. The average molecular weight is 340 g/mol. The van der Waals surface area contributed by atoms with E-state index in [1.165, 1.54) is 43.3 Å². The third-order valence-corrected chi connectivity index (χ3v) is 3.03. The molecule has 0 aliphatic rings. The molecule has 0 bridgehead atoms. The second-order valence-corrected chi connectivity index (χ2v) is 4.73. The van der Waals surface area contributed by atoms with Gasteiger partial charge < -0.3 is 10.1 Å². The molecule has 0 heterocycles. The number of para-hydroxylation sites is 3. The molecule has 0 saturated heterocycles. The summed E-state index contributed by atoms with van der Waals surface area (Å²) in [5.74, 6) is -1.53. The fourth-order valence-electron chi connectivity index (χ4n) is 2.06. The van der Waals surface area contributed by atoms with Crippen molar-refractivity contribution in [2.24, 2.45) is 0 Å². The highest BCUT2D eigenvalue weighted by Crippen LogP contribution is 2.31. The van der Waals surface area contributed by atoms with Crippen molar-refractivity contribution in [1.29, 1.82) is 0 Å². The minimum atomic E-state index is -4.93. The number of nitrogens with one attached hydrogen (secondary N) is 1. The van der Waals surface area contributed by atoms with Crippen LogP contribution in [0.4, 0.5) is 24.5 Å². The normalized spacial score (nSPS) is 11.0. The number of halogens is 3. The molecule has 0 aliphatic heterocycles. The summed E-state index contributed by atoms with van der Waals surface area (Å²) in [6.07, 6.45) is -4.93. The summed E-state index contributed by atoms with van der Waals surface area (Å²) in [7, 11) is 0. The molecule has 0 fully saturated rings. The number of nitro groups is 1. The molecule has 0 aromatic heterocycles. The Balaban J connectivity index is 2.35. The monoisotopic (exact) mass is 340 g/mol. The molecular formula is C15H11F3N2O4.